The van der Waals surface area contributed by atoms with Gasteiger partial charge < -0.3 is 4.74 Å². The lowest BCUT2D eigenvalue weighted by Gasteiger charge is -2.13. The van der Waals surface area contributed by atoms with Crippen LogP contribution >= 0.6 is 23.2 Å². The lowest BCUT2D eigenvalue weighted by Crippen LogP contribution is -2.13. The SMILES string of the molecule is Cc1ccc(S(=O)(=O)Nc2cc(Cl)c(Oc3ccc(C(F)(F)F)cn3)c(Cl)c2)cc1. The molecule has 2 aromatic carbocycles. The second kappa shape index (κ2) is 8.33. The van der Waals surface area contributed by atoms with Crippen LogP contribution in [-0.2, 0) is 16.2 Å². The Morgan fingerprint density at radius 1 is 1.00 bits per heavy atom. The van der Waals surface area contributed by atoms with E-state index in [0.29, 0.717) is 6.20 Å². The van der Waals surface area contributed by atoms with Gasteiger partial charge in [-0.25, -0.2) is 13.4 Å². The van der Waals surface area contributed by atoms with E-state index in [9.17, 15) is 21.6 Å². The number of halogens is 5. The molecule has 0 fully saturated rings. The Morgan fingerprint density at radius 3 is 2.10 bits per heavy atom. The van der Waals surface area contributed by atoms with Crippen LogP contribution in [0.2, 0.25) is 10.0 Å². The minimum atomic E-state index is -4.53. The van der Waals surface area contributed by atoms with Gasteiger partial charge in [-0.3, -0.25) is 4.72 Å². The van der Waals surface area contributed by atoms with Crippen molar-refractivity contribution in [2.24, 2.45) is 0 Å². The van der Waals surface area contributed by atoms with E-state index >= 15 is 0 Å². The number of rotatable bonds is 5. The fourth-order valence-corrected chi connectivity index (χ4v) is 3.97. The normalized spacial score (nSPS) is 11.9. The van der Waals surface area contributed by atoms with Crippen LogP contribution in [0, 0.1) is 6.92 Å². The van der Waals surface area contributed by atoms with E-state index in [1.807, 2.05) is 6.92 Å². The lowest BCUT2D eigenvalue weighted by molar-refractivity contribution is -0.137. The summed E-state index contributed by atoms with van der Waals surface area (Å²) in [4.78, 5) is 3.63. The predicted molar refractivity (Wildman–Crippen MR) is 108 cm³/mol. The second-order valence-electron chi connectivity index (χ2n) is 6.17. The number of pyridine rings is 1. The molecule has 0 atom stereocenters. The highest BCUT2D eigenvalue weighted by molar-refractivity contribution is 7.92. The molecule has 0 radical (unpaired) electrons. The Morgan fingerprint density at radius 2 is 1.60 bits per heavy atom. The van der Waals surface area contributed by atoms with Crippen LogP contribution in [0.4, 0.5) is 18.9 Å². The van der Waals surface area contributed by atoms with Gasteiger partial charge in [-0.1, -0.05) is 40.9 Å². The molecule has 158 valence electrons. The van der Waals surface area contributed by atoms with E-state index in [2.05, 4.69) is 9.71 Å². The van der Waals surface area contributed by atoms with Crippen molar-refractivity contribution in [1.29, 1.82) is 0 Å². The molecule has 1 aromatic heterocycles. The molecule has 0 aliphatic rings. The molecule has 3 aromatic rings. The van der Waals surface area contributed by atoms with Gasteiger partial charge >= 0.3 is 6.18 Å². The number of anilines is 1. The smallest absolute Gasteiger partial charge is 0.417 e. The van der Waals surface area contributed by atoms with Crippen molar-refractivity contribution in [3.63, 3.8) is 0 Å². The fraction of sp³-hybridized carbons (Fsp3) is 0.105. The van der Waals surface area contributed by atoms with E-state index in [0.717, 1.165) is 17.7 Å². The van der Waals surface area contributed by atoms with Crippen molar-refractivity contribution in [3.05, 3.63) is 75.9 Å². The standard InChI is InChI=1S/C19H13Cl2F3N2O3S/c1-11-2-5-14(6-3-11)30(27,28)26-13-8-15(20)18(16(21)9-13)29-17-7-4-12(10-25-17)19(22,23)24/h2-10,26H,1H3. The minimum Gasteiger partial charge on any atom is -0.436 e. The van der Waals surface area contributed by atoms with Gasteiger partial charge in [-0.15, -0.1) is 0 Å². The van der Waals surface area contributed by atoms with Crippen LogP contribution in [-0.4, -0.2) is 13.4 Å². The molecule has 0 unspecified atom stereocenters. The van der Waals surface area contributed by atoms with Gasteiger partial charge in [0.25, 0.3) is 10.0 Å². The third kappa shape index (κ3) is 5.16. The molecule has 1 N–H and O–H groups in total. The molecule has 0 saturated heterocycles. The van der Waals surface area contributed by atoms with Gasteiger partial charge in [0, 0.05) is 12.3 Å². The van der Waals surface area contributed by atoms with Gasteiger partial charge in [0.1, 0.15) is 0 Å². The number of benzene rings is 2. The number of alkyl halides is 3. The summed E-state index contributed by atoms with van der Waals surface area (Å²) in [7, 11) is -3.88. The highest BCUT2D eigenvalue weighted by atomic mass is 35.5. The number of ether oxygens (including phenoxy) is 1. The first kappa shape index (κ1) is 22.2. The second-order valence-corrected chi connectivity index (χ2v) is 8.67. The zero-order chi connectivity index (χ0) is 22.1. The summed E-state index contributed by atoms with van der Waals surface area (Å²) in [5.74, 6) is -0.247. The molecule has 0 bridgehead atoms. The maximum Gasteiger partial charge on any atom is 0.417 e. The summed E-state index contributed by atoms with van der Waals surface area (Å²) in [6, 6.07) is 10.6. The molecule has 5 nitrogen and oxygen atoms in total. The van der Waals surface area contributed by atoms with Gasteiger partial charge in [0.15, 0.2) is 5.75 Å². The van der Waals surface area contributed by atoms with E-state index in [4.69, 9.17) is 27.9 Å². The predicted octanol–water partition coefficient (Wildman–Crippen LogP) is 6.31. The van der Waals surface area contributed by atoms with Gasteiger partial charge in [-0.2, -0.15) is 13.2 Å². The lowest BCUT2D eigenvalue weighted by atomic mass is 10.2. The van der Waals surface area contributed by atoms with E-state index in [1.165, 1.54) is 24.3 Å². The highest BCUT2D eigenvalue weighted by Gasteiger charge is 2.30. The zero-order valence-corrected chi connectivity index (χ0v) is 17.5. The number of nitrogens with zero attached hydrogens (tertiary/aromatic N) is 1. The molecule has 30 heavy (non-hydrogen) atoms. The first-order valence-corrected chi connectivity index (χ1v) is 10.5. The Kier molecular flexibility index (Phi) is 6.16. The number of aryl methyl sites for hydroxylation is 1. The molecule has 0 amide bonds. The molecule has 3 rings (SSSR count). The van der Waals surface area contributed by atoms with Crippen LogP contribution in [0.15, 0.2) is 59.6 Å². The largest absolute Gasteiger partial charge is 0.436 e. The Bertz CT molecular complexity index is 1140. The van der Waals surface area contributed by atoms with Crippen LogP contribution < -0.4 is 9.46 Å². The average Bonchev–Trinajstić information content (AvgIpc) is 2.64. The molecule has 0 spiro atoms. The van der Waals surface area contributed by atoms with Crippen molar-refractivity contribution in [3.8, 4) is 11.6 Å². The third-order valence-electron chi connectivity index (χ3n) is 3.85. The summed E-state index contributed by atoms with van der Waals surface area (Å²) in [6.07, 6.45) is -3.92. The topological polar surface area (TPSA) is 68.3 Å². The molecule has 1 heterocycles. The fourth-order valence-electron chi connectivity index (χ4n) is 2.36. The quantitative estimate of drug-likeness (QED) is 0.468. The van der Waals surface area contributed by atoms with Crippen molar-refractivity contribution < 1.29 is 26.3 Å². The molecular weight excluding hydrogens is 464 g/mol. The van der Waals surface area contributed by atoms with Gasteiger partial charge in [0.05, 0.1) is 26.2 Å². The summed E-state index contributed by atoms with van der Waals surface area (Å²) in [5.41, 5.74) is 0.0459. The summed E-state index contributed by atoms with van der Waals surface area (Å²) < 4.78 is 70.6. The van der Waals surface area contributed by atoms with Crippen molar-refractivity contribution >= 4 is 38.9 Å². The monoisotopic (exact) mass is 476 g/mol. The zero-order valence-electron chi connectivity index (χ0n) is 15.2. The number of hydrogen-bond donors (Lipinski definition) is 1. The number of aromatic nitrogens is 1. The van der Waals surface area contributed by atoms with E-state index < -0.39 is 21.8 Å². The number of hydrogen-bond acceptors (Lipinski definition) is 4. The van der Waals surface area contributed by atoms with Crippen LogP contribution in [0.3, 0.4) is 0 Å². The average molecular weight is 477 g/mol. The Balaban J connectivity index is 1.82. The first-order chi connectivity index (χ1) is 14.0. The Labute approximate surface area is 180 Å². The summed E-state index contributed by atoms with van der Waals surface area (Å²) >= 11 is 12.3. The van der Waals surface area contributed by atoms with Crippen molar-refractivity contribution in [2.75, 3.05) is 4.72 Å². The molecule has 0 saturated carbocycles. The maximum absolute atomic E-state index is 12.6. The molecule has 11 heteroatoms. The summed E-state index contributed by atoms with van der Waals surface area (Å²) in [5, 5.41) is -0.128. The van der Waals surface area contributed by atoms with Crippen molar-refractivity contribution in [2.45, 2.75) is 18.0 Å². The van der Waals surface area contributed by atoms with Crippen LogP contribution in [0.1, 0.15) is 11.1 Å². The first-order valence-electron chi connectivity index (χ1n) is 8.25. The maximum atomic E-state index is 12.6. The highest BCUT2D eigenvalue weighted by Crippen LogP contribution is 2.39. The molecular formula is C19H13Cl2F3N2O3S. The minimum absolute atomic E-state index is 0.0506. The Hall–Kier alpha value is -2.49. The van der Waals surface area contributed by atoms with Gasteiger partial charge in [-0.05, 0) is 37.3 Å². The van der Waals surface area contributed by atoms with Crippen molar-refractivity contribution in [1.82, 2.24) is 4.98 Å². The third-order valence-corrected chi connectivity index (χ3v) is 5.81. The number of nitrogens with one attached hydrogen (secondary N) is 1. The van der Waals surface area contributed by atoms with E-state index in [-0.39, 0.29) is 32.3 Å². The molecule has 0 aliphatic heterocycles. The van der Waals surface area contributed by atoms with E-state index in [1.54, 1.807) is 12.1 Å². The van der Waals surface area contributed by atoms with Gasteiger partial charge in [0.2, 0.25) is 5.88 Å². The van der Waals surface area contributed by atoms with Crippen LogP contribution in [0.5, 0.6) is 11.6 Å². The molecule has 0 aliphatic carbocycles. The van der Waals surface area contributed by atoms with Crippen LogP contribution in [0.25, 0.3) is 0 Å². The number of sulfonamides is 1. The summed E-state index contributed by atoms with van der Waals surface area (Å²) in [6.45, 7) is 1.83.